The molecular formula is C27H27N5OS. The fourth-order valence-electron chi connectivity index (χ4n) is 5.14. The number of benzene rings is 1. The summed E-state index contributed by atoms with van der Waals surface area (Å²) in [7, 11) is 0. The van der Waals surface area contributed by atoms with Crippen molar-refractivity contribution in [3.8, 4) is 22.5 Å². The van der Waals surface area contributed by atoms with E-state index in [0.717, 1.165) is 73.5 Å². The smallest absolute Gasteiger partial charge is 0.225 e. The highest BCUT2D eigenvalue weighted by molar-refractivity contribution is 7.17. The molecule has 0 unspecified atom stereocenters. The highest BCUT2D eigenvalue weighted by Crippen LogP contribution is 2.40. The molecule has 1 aromatic carbocycles. The maximum atomic E-state index is 13.0. The van der Waals surface area contributed by atoms with Crippen molar-refractivity contribution in [1.29, 1.82) is 0 Å². The van der Waals surface area contributed by atoms with Crippen LogP contribution < -0.4 is 4.90 Å². The zero-order valence-electron chi connectivity index (χ0n) is 19.1. The van der Waals surface area contributed by atoms with E-state index in [-0.39, 0.29) is 5.92 Å². The molecule has 2 aliphatic heterocycles. The molecule has 172 valence electrons. The van der Waals surface area contributed by atoms with E-state index in [4.69, 9.17) is 9.97 Å². The molecule has 0 saturated carbocycles. The third-order valence-corrected chi connectivity index (χ3v) is 7.85. The Morgan fingerprint density at radius 3 is 2.41 bits per heavy atom. The summed E-state index contributed by atoms with van der Waals surface area (Å²) in [4.78, 5) is 32.7. The monoisotopic (exact) mass is 469 g/mol. The quantitative estimate of drug-likeness (QED) is 0.408. The standard InChI is InChI=1S/C27H27N5OS/c33-27(32-13-4-5-14-32)20-10-15-31(16-11-20)25-23-22(19-7-2-1-3-8-19)18-34-26(23)30-24(29-25)21-9-6-12-28-17-21/h1-3,6-9,12,17-18,20H,4-5,10-11,13-16H2. The molecule has 3 aromatic heterocycles. The summed E-state index contributed by atoms with van der Waals surface area (Å²) in [6.45, 7) is 3.50. The number of anilines is 1. The van der Waals surface area contributed by atoms with Crippen LogP contribution in [0.25, 0.3) is 32.7 Å². The van der Waals surface area contributed by atoms with E-state index < -0.39 is 0 Å². The van der Waals surface area contributed by atoms with Gasteiger partial charge in [0.25, 0.3) is 0 Å². The van der Waals surface area contributed by atoms with Gasteiger partial charge in [-0.05, 0) is 43.4 Å². The van der Waals surface area contributed by atoms with E-state index in [1.165, 1.54) is 11.1 Å². The Morgan fingerprint density at radius 1 is 0.912 bits per heavy atom. The van der Waals surface area contributed by atoms with Crippen LogP contribution in [0.4, 0.5) is 5.82 Å². The van der Waals surface area contributed by atoms with Gasteiger partial charge in [0.2, 0.25) is 5.91 Å². The molecule has 0 radical (unpaired) electrons. The first kappa shape index (κ1) is 21.2. The van der Waals surface area contributed by atoms with E-state index in [2.05, 4.69) is 44.4 Å². The van der Waals surface area contributed by atoms with Crippen LogP contribution in [0.15, 0.2) is 60.2 Å². The largest absolute Gasteiger partial charge is 0.356 e. The minimum Gasteiger partial charge on any atom is -0.356 e. The number of amides is 1. The van der Waals surface area contributed by atoms with E-state index >= 15 is 0 Å². The number of aromatic nitrogens is 3. The maximum absolute atomic E-state index is 13.0. The van der Waals surface area contributed by atoms with Crippen molar-refractivity contribution in [2.24, 2.45) is 5.92 Å². The van der Waals surface area contributed by atoms with Gasteiger partial charge in [-0.1, -0.05) is 30.3 Å². The predicted molar refractivity (Wildman–Crippen MR) is 137 cm³/mol. The van der Waals surface area contributed by atoms with Crippen LogP contribution in [0, 0.1) is 5.92 Å². The number of carbonyl (C=O) groups excluding carboxylic acids is 1. The van der Waals surface area contributed by atoms with Crippen LogP contribution in [0.1, 0.15) is 25.7 Å². The second-order valence-electron chi connectivity index (χ2n) is 9.10. The van der Waals surface area contributed by atoms with Crippen molar-refractivity contribution < 1.29 is 4.79 Å². The van der Waals surface area contributed by atoms with Crippen LogP contribution in [0.5, 0.6) is 0 Å². The van der Waals surface area contributed by atoms with Crippen molar-refractivity contribution in [2.75, 3.05) is 31.1 Å². The van der Waals surface area contributed by atoms with Crippen molar-refractivity contribution >= 4 is 33.3 Å². The molecule has 7 heteroatoms. The third-order valence-electron chi connectivity index (χ3n) is 6.98. The van der Waals surface area contributed by atoms with Gasteiger partial charge in [0.1, 0.15) is 10.6 Å². The van der Waals surface area contributed by atoms with Gasteiger partial charge in [0, 0.05) is 61.0 Å². The summed E-state index contributed by atoms with van der Waals surface area (Å²) >= 11 is 1.66. The van der Waals surface area contributed by atoms with Gasteiger partial charge in [-0.25, -0.2) is 9.97 Å². The number of fused-ring (bicyclic) bond motifs is 1. The Morgan fingerprint density at radius 2 is 1.68 bits per heavy atom. The molecule has 6 rings (SSSR count). The summed E-state index contributed by atoms with van der Waals surface area (Å²) in [6, 6.07) is 14.4. The molecular weight excluding hydrogens is 442 g/mol. The Balaban J connectivity index is 1.37. The highest BCUT2D eigenvalue weighted by atomic mass is 32.1. The predicted octanol–water partition coefficient (Wildman–Crippen LogP) is 5.26. The van der Waals surface area contributed by atoms with Crippen molar-refractivity contribution in [1.82, 2.24) is 19.9 Å². The Kier molecular flexibility index (Phi) is 5.71. The molecule has 2 aliphatic rings. The molecule has 0 N–H and O–H groups in total. The Hall–Kier alpha value is -3.32. The fourth-order valence-corrected chi connectivity index (χ4v) is 6.08. The number of likely N-dealkylation sites (tertiary alicyclic amines) is 1. The van der Waals surface area contributed by atoms with Crippen molar-refractivity contribution in [3.05, 3.63) is 60.2 Å². The van der Waals surface area contributed by atoms with E-state index in [0.29, 0.717) is 11.7 Å². The van der Waals surface area contributed by atoms with Crippen molar-refractivity contribution in [3.63, 3.8) is 0 Å². The average Bonchev–Trinajstić information content (AvgIpc) is 3.60. The lowest BCUT2D eigenvalue weighted by molar-refractivity contribution is -0.135. The van der Waals surface area contributed by atoms with Crippen molar-refractivity contribution in [2.45, 2.75) is 25.7 Å². The SMILES string of the molecule is O=C(C1CCN(c2nc(-c3cccnc3)nc3scc(-c4ccccc4)c23)CC1)N1CCCC1. The zero-order valence-corrected chi connectivity index (χ0v) is 19.9. The topological polar surface area (TPSA) is 62.2 Å². The summed E-state index contributed by atoms with van der Waals surface area (Å²) in [6.07, 6.45) is 7.60. The first-order valence-corrected chi connectivity index (χ1v) is 12.9. The number of rotatable bonds is 4. The van der Waals surface area contributed by atoms with Crippen LogP contribution in [-0.2, 0) is 4.79 Å². The number of piperidine rings is 1. The minimum atomic E-state index is 0.126. The first-order chi connectivity index (χ1) is 16.8. The number of carbonyl (C=O) groups is 1. The molecule has 0 aliphatic carbocycles. The molecule has 2 saturated heterocycles. The van der Waals surface area contributed by atoms with Gasteiger partial charge in [-0.2, -0.15) is 0 Å². The molecule has 2 fully saturated rings. The van der Waals surface area contributed by atoms with Crippen LogP contribution in [0.3, 0.4) is 0 Å². The lowest BCUT2D eigenvalue weighted by atomic mass is 9.95. The summed E-state index contributed by atoms with van der Waals surface area (Å²) in [5.74, 6) is 2.14. The van der Waals surface area contributed by atoms with Gasteiger partial charge < -0.3 is 9.80 Å². The molecule has 0 atom stereocenters. The lowest BCUT2D eigenvalue weighted by Crippen LogP contribution is -2.42. The molecule has 1 amide bonds. The van der Waals surface area contributed by atoms with E-state index in [1.807, 2.05) is 24.4 Å². The van der Waals surface area contributed by atoms with Gasteiger partial charge in [0.05, 0.1) is 5.39 Å². The lowest BCUT2D eigenvalue weighted by Gasteiger charge is -2.34. The number of thiophene rings is 1. The average molecular weight is 470 g/mol. The minimum absolute atomic E-state index is 0.126. The van der Waals surface area contributed by atoms with Gasteiger partial charge in [-0.15, -0.1) is 11.3 Å². The number of pyridine rings is 1. The number of hydrogen-bond acceptors (Lipinski definition) is 6. The second-order valence-corrected chi connectivity index (χ2v) is 9.96. The molecule has 6 nitrogen and oxygen atoms in total. The number of nitrogens with zero attached hydrogens (tertiary/aromatic N) is 5. The maximum Gasteiger partial charge on any atom is 0.225 e. The molecule has 5 heterocycles. The summed E-state index contributed by atoms with van der Waals surface area (Å²) in [5.41, 5.74) is 3.26. The van der Waals surface area contributed by atoms with Gasteiger partial charge in [-0.3, -0.25) is 9.78 Å². The Bertz CT molecular complexity index is 1290. The summed E-state index contributed by atoms with van der Waals surface area (Å²) < 4.78 is 0. The zero-order chi connectivity index (χ0) is 22.9. The normalized spacial score (nSPS) is 16.9. The summed E-state index contributed by atoms with van der Waals surface area (Å²) in [5, 5.41) is 3.29. The van der Waals surface area contributed by atoms with Gasteiger partial charge in [0.15, 0.2) is 5.82 Å². The highest BCUT2D eigenvalue weighted by Gasteiger charge is 2.31. The fraction of sp³-hybridized carbons (Fsp3) is 0.333. The third kappa shape index (κ3) is 3.94. The van der Waals surface area contributed by atoms with E-state index in [1.54, 1.807) is 17.5 Å². The molecule has 34 heavy (non-hydrogen) atoms. The second kappa shape index (κ2) is 9.14. The number of hydrogen-bond donors (Lipinski definition) is 0. The van der Waals surface area contributed by atoms with Crippen LogP contribution in [-0.4, -0.2) is 51.9 Å². The molecule has 0 spiro atoms. The van der Waals surface area contributed by atoms with Crippen LogP contribution in [0.2, 0.25) is 0 Å². The molecule has 0 bridgehead atoms. The first-order valence-electron chi connectivity index (χ1n) is 12.1. The van der Waals surface area contributed by atoms with E-state index in [9.17, 15) is 4.79 Å². The molecule has 4 aromatic rings. The Labute approximate surface area is 203 Å². The van der Waals surface area contributed by atoms with Gasteiger partial charge >= 0.3 is 0 Å². The van der Waals surface area contributed by atoms with Crippen LogP contribution >= 0.6 is 11.3 Å².